The van der Waals surface area contributed by atoms with Gasteiger partial charge in [-0.25, -0.2) is 9.78 Å². The van der Waals surface area contributed by atoms with Crippen LogP contribution in [0.15, 0.2) is 77.1 Å². The minimum Gasteiger partial charge on any atom is -0.508 e. The Labute approximate surface area is 531 Å². The van der Waals surface area contributed by atoms with E-state index in [2.05, 4.69) is 67.8 Å². The highest BCUT2D eigenvalue weighted by atomic mass is 16.4. The minimum absolute atomic E-state index is 0.00323. The summed E-state index contributed by atoms with van der Waals surface area (Å²) in [5.74, 6) is -11.5. The number of rotatable bonds is 44. The molecule has 0 fully saturated rings. The molecule has 0 saturated heterocycles. The van der Waals surface area contributed by atoms with Crippen LogP contribution in [0.3, 0.4) is 0 Å². The number of hydrogen-bond donors (Lipinski definition) is 20. The van der Waals surface area contributed by atoms with Crippen molar-refractivity contribution < 1.29 is 68.1 Å². The highest BCUT2D eigenvalue weighted by Gasteiger charge is 2.36. The molecule has 0 aliphatic heterocycles. The number of amides is 9. The van der Waals surface area contributed by atoms with Crippen molar-refractivity contribution in [3.8, 4) is 5.75 Å². The van der Waals surface area contributed by atoms with Gasteiger partial charge in [0.15, 0.2) is 11.9 Å². The summed E-state index contributed by atoms with van der Waals surface area (Å²) in [6.45, 7) is 1.39. The number of aliphatic imine (C=N–C) groups is 2. The summed E-state index contributed by atoms with van der Waals surface area (Å²) in [7, 11) is 0. The number of nitrogens with two attached hydrogens (primary N) is 7. The molecule has 1 aromatic heterocycles. The molecular formula is C58H90N20O14. The number of phenols is 1. The highest BCUT2D eigenvalue weighted by Crippen LogP contribution is 2.15. The van der Waals surface area contributed by atoms with Gasteiger partial charge in [-0.15, -0.1) is 0 Å². The molecule has 0 unspecified atom stereocenters. The molecular weight excluding hydrogens is 1200 g/mol. The van der Waals surface area contributed by atoms with Crippen molar-refractivity contribution in [2.75, 3.05) is 32.7 Å². The standard InChI is InChI=1S/C58H90N20O14/c1-33(70-46(80)30-61)48(83)71-38(13-5-7-23-59)50(85)76-43(27-34-11-3-2-4-12-34)53(88)73-39(14-6-8-24-60)49(84)74-41(21-22-47(81)82)52(87)72-40(15-9-25-67-57(62)63)51(86)77-44(28-35-17-19-37(79)20-18-35)54(89)78-45(29-36-31-66-32-69-36)55(90)75-42(56(91)92)16-10-26-68-58(64)65/h2-4,11-12,17-20,31-33,38-45,79H,5-10,13-16,21-30,59-61H2,1H3,(H,66,69)(H,70,80)(H,71,83)(H,72,87)(H,73,88)(H,74,84)(H,75,90)(H,76,85)(H,77,86)(H,78,89)(H,81,82)(H,91,92)(H4,62,63,67)(H4,64,65,68)/t33-,38-,39+,40-,41-,42+,43-,44-,45-/m0/s1. The average molecular weight is 1290 g/mol. The number of aliphatic carboxylic acids is 2. The monoisotopic (exact) mass is 1290 g/mol. The number of aromatic hydroxyl groups is 1. The fraction of sp³-hybridized carbons (Fsp3) is 0.517. The summed E-state index contributed by atoms with van der Waals surface area (Å²) >= 11 is 0. The van der Waals surface area contributed by atoms with Crippen molar-refractivity contribution in [3.63, 3.8) is 0 Å². The van der Waals surface area contributed by atoms with Crippen LogP contribution in [0.4, 0.5) is 0 Å². The van der Waals surface area contributed by atoms with Gasteiger partial charge in [0.1, 0.15) is 60.1 Å². The number of hydrogen-bond acceptors (Lipinski definition) is 18. The fourth-order valence-electron chi connectivity index (χ4n) is 9.12. The lowest BCUT2D eigenvalue weighted by molar-refractivity contribution is -0.142. The van der Waals surface area contributed by atoms with Crippen molar-refractivity contribution >= 4 is 77.0 Å². The van der Waals surface area contributed by atoms with Gasteiger partial charge in [0.2, 0.25) is 53.2 Å². The Bertz CT molecular complexity index is 2930. The van der Waals surface area contributed by atoms with E-state index in [0.717, 1.165) is 0 Å². The minimum atomic E-state index is -1.73. The Balaban J connectivity index is 2.04. The number of nitrogens with zero attached hydrogens (tertiary/aromatic N) is 3. The maximum Gasteiger partial charge on any atom is 0.326 e. The predicted molar refractivity (Wildman–Crippen MR) is 336 cm³/mol. The molecule has 0 aliphatic carbocycles. The van der Waals surface area contributed by atoms with Gasteiger partial charge in [0, 0.05) is 50.7 Å². The van der Waals surface area contributed by atoms with Crippen LogP contribution < -0.4 is 88.0 Å². The summed E-state index contributed by atoms with van der Waals surface area (Å²) in [6, 6.07) is 0.908. The zero-order chi connectivity index (χ0) is 68.1. The topological polar surface area (TPSA) is 592 Å². The van der Waals surface area contributed by atoms with Crippen LogP contribution in [-0.2, 0) is 72.0 Å². The Kier molecular flexibility index (Phi) is 34.3. The van der Waals surface area contributed by atoms with Gasteiger partial charge in [-0.05, 0) is 114 Å². The van der Waals surface area contributed by atoms with Crippen molar-refractivity contribution in [3.05, 3.63) is 83.9 Å². The van der Waals surface area contributed by atoms with Gasteiger partial charge in [0.05, 0.1) is 12.9 Å². The molecule has 9 atom stereocenters. The normalized spacial score (nSPS) is 13.8. The zero-order valence-corrected chi connectivity index (χ0v) is 51.4. The maximum atomic E-state index is 14.7. The number of unbranched alkanes of at least 4 members (excludes halogenated alkanes) is 2. The third-order valence-electron chi connectivity index (χ3n) is 14.1. The third-order valence-corrected chi connectivity index (χ3v) is 14.1. The van der Waals surface area contributed by atoms with Gasteiger partial charge in [-0.1, -0.05) is 42.5 Å². The fourth-order valence-corrected chi connectivity index (χ4v) is 9.12. The molecule has 0 bridgehead atoms. The van der Waals surface area contributed by atoms with Crippen LogP contribution in [0.25, 0.3) is 0 Å². The van der Waals surface area contributed by atoms with Crippen LogP contribution >= 0.6 is 0 Å². The molecule has 0 saturated carbocycles. The van der Waals surface area contributed by atoms with Crippen molar-refractivity contribution in [1.29, 1.82) is 0 Å². The molecule has 92 heavy (non-hydrogen) atoms. The van der Waals surface area contributed by atoms with E-state index in [4.69, 9.17) is 40.1 Å². The summed E-state index contributed by atoms with van der Waals surface area (Å²) in [5.41, 5.74) is 40.2. The lowest BCUT2D eigenvalue weighted by Crippen LogP contribution is -2.61. The number of imidazole rings is 1. The van der Waals surface area contributed by atoms with E-state index in [1.807, 2.05) is 0 Å². The van der Waals surface area contributed by atoms with E-state index in [1.54, 1.807) is 30.3 Å². The Morgan fingerprint density at radius 1 is 0.478 bits per heavy atom. The molecule has 506 valence electrons. The third kappa shape index (κ3) is 29.6. The Hall–Kier alpha value is -9.96. The number of aromatic nitrogens is 2. The second-order valence-corrected chi connectivity index (χ2v) is 21.6. The molecule has 3 aromatic rings. The number of guanidine groups is 2. The number of carboxylic acid groups (broad SMARTS) is 2. The molecule has 2 aromatic carbocycles. The van der Waals surface area contributed by atoms with Gasteiger partial charge in [-0.3, -0.25) is 57.9 Å². The lowest BCUT2D eigenvalue weighted by atomic mass is 10.0. The van der Waals surface area contributed by atoms with Crippen molar-refractivity contribution in [1.82, 2.24) is 57.8 Å². The molecule has 3 rings (SSSR count). The first-order chi connectivity index (χ1) is 43.8. The van der Waals surface area contributed by atoms with E-state index in [9.17, 15) is 68.1 Å². The number of H-pyrrole nitrogens is 1. The van der Waals surface area contributed by atoms with Gasteiger partial charge in [0.25, 0.3) is 0 Å². The lowest BCUT2D eigenvalue weighted by Gasteiger charge is -2.28. The second kappa shape index (κ2) is 41.4. The van der Waals surface area contributed by atoms with E-state index < -0.39 is 139 Å². The van der Waals surface area contributed by atoms with Crippen LogP contribution in [0, 0.1) is 0 Å². The van der Waals surface area contributed by atoms with Crippen LogP contribution in [-0.4, -0.2) is 189 Å². The molecule has 27 N–H and O–H groups in total. The largest absolute Gasteiger partial charge is 0.508 e. The van der Waals surface area contributed by atoms with E-state index >= 15 is 0 Å². The Morgan fingerprint density at radius 2 is 0.870 bits per heavy atom. The number of carbonyl (C=O) groups excluding carboxylic acids is 9. The van der Waals surface area contributed by atoms with Crippen LogP contribution in [0.1, 0.15) is 101 Å². The maximum absolute atomic E-state index is 14.7. The summed E-state index contributed by atoms with van der Waals surface area (Å²) < 4.78 is 0. The smallest absolute Gasteiger partial charge is 0.326 e. The predicted octanol–water partition coefficient (Wildman–Crippen LogP) is -5.20. The number of carbonyl (C=O) groups is 11. The van der Waals surface area contributed by atoms with Gasteiger partial charge in [-0.2, -0.15) is 0 Å². The molecule has 1 heterocycles. The molecule has 0 aliphatic rings. The SMILES string of the molecule is C[C@H](NC(=O)CN)C(=O)N[C@@H](CCCCN)C(=O)N[C@@H](Cc1ccccc1)C(=O)N[C@H](CCCCN)C(=O)N[C@@H](CCC(=O)O)C(=O)N[C@@H](CCCN=C(N)N)C(=O)N[C@@H](Cc1ccc(O)cc1)C(=O)N[C@@H](Cc1cnc[nH]1)C(=O)N[C@H](CCCN=C(N)N)C(=O)O. The van der Waals surface area contributed by atoms with Crippen LogP contribution in [0.2, 0.25) is 0 Å². The molecule has 0 spiro atoms. The molecule has 0 radical (unpaired) electrons. The van der Waals surface area contributed by atoms with E-state index in [-0.39, 0.29) is 108 Å². The number of phenolic OH excluding ortho intramolecular Hbond substituents is 1. The van der Waals surface area contributed by atoms with Crippen molar-refractivity contribution in [2.45, 2.75) is 158 Å². The summed E-state index contributed by atoms with van der Waals surface area (Å²) in [6.07, 6.45) is 1.89. The van der Waals surface area contributed by atoms with Crippen molar-refractivity contribution in [2.24, 2.45) is 50.1 Å². The quantitative estimate of drug-likeness (QED) is 0.0143. The van der Waals surface area contributed by atoms with Gasteiger partial charge >= 0.3 is 11.9 Å². The Morgan fingerprint density at radius 3 is 1.28 bits per heavy atom. The second-order valence-electron chi connectivity index (χ2n) is 21.6. The summed E-state index contributed by atoms with van der Waals surface area (Å²) in [5, 5.41) is 53.1. The van der Waals surface area contributed by atoms with Gasteiger partial charge < -0.3 is 108 Å². The molecule has 34 heteroatoms. The first-order valence-electron chi connectivity index (χ1n) is 30.0. The number of benzene rings is 2. The van der Waals surface area contributed by atoms with E-state index in [1.165, 1.54) is 43.7 Å². The average Bonchev–Trinajstić information content (AvgIpc) is 1.47. The first-order valence-corrected chi connectivity index (χ1v) is 30.0. The number of aromatic amines is 1. The number of nitrogens with one attached hydrogen (secondary N) is 10. The first kappa shape index (κ1) is 76.3. The molecule has 9 amide bonds. The summed E-state index contributed by atoms with van der Waals surface area (Å²) in [4.78, 5) is 165. The van der Waals surface area contributed by atoms with Crippen LogP contribution in [0.5, 0.6) is 5.75 Å². The zero-order valence-electron chi connectivity index (χ0n) is 51.4. The molecule has 34 nitrogen and oxygen atoms in total. The highest BCUT2D eigenvalue weighted by molar-refractivity contribution is 5.98. The van der Waals surface area contributed by atoms with E-state index in [0.29, 0.717) is 36.1 Å². The number of carboxylic acids is 2.